The van der Waals surface area contributed by atoms with Crippen LogP contribution in [0.15, 0.2) is 60.7 Å². The first-order chi connectivity index (χ1) is 19.0. The quantitative estimate of drug-likeness (QED) is 0.244. The lowest BCUT2D eigenvalue weighted by Gasteiger charge is -2.26. The molecule has 3 unspecified atom stereocenters. The molecule has 5 rings (SSSR count). The summed E-state index contributed by atoms with van der Waals surface area (Å²) in [4.78, 5) is 23.1. The Hall–Kier alpha value is -4.24. The molecule has 0 spiro atoms. The van der Waals surface area contributed by atoms with Gasteiger partial charge in [-0.25, -0.2) is 4.79 Å². The van der Waals surface area contributed by atoms with E-state index in [1.54, 1.807) is 6.07 Å². The molecule has 3 atom stereocenters. The number of para-hydroxylation sites is 1. The van der Waals surface area contributed by atoms with Gasteiger partial charge in [-0.2, -0.15) is 0 Å². The fourth-order valence-electron chi connectivity index (χ4n) is 5.54. The molecule has 0 amide bonds. The van der Waals surface area contributed by atoms with Crippen LogP contribution in [-0.2, 0) is 14.3 Å². The van der Waals surface area contributed by atoms with Crippen LogP contribution in [0.25, 0.3) is 0 Å². The SMILES string of the molecule is CCCOc1ccc2c(c1)C(c1ccccc1OCOCC(=O)O)C(CC(=O)O)C2c1ccc2c(c1)OCO2. The molecule has 39 heavy (non-hydrogen) atoms. The summed E-state index contributed by atoms with van der Waals surface area (Å²) in [5.41, 5.74) is 3.69. The maximum Gasteiger partial charge on any atom is 0.329 e. The van der Waals surface area contributed by atoms with Crippen LogP contribution in [0.3, 0.4) is 0 Å². The summed E-state index contributed by atoms with van der Waals surface area (Å²) in [6.07, 6.45) is 0.766. The maximum atomic E-state index is 12.2. The fourth-order valence-corrected chi connectivity index (χ4v) is 5.54. The van der Waals surface area contributed by atoms with Crippen LogP contribution < -0.4 is 18.9 Å². The number of hydrogen-bond donors (Lipinski definition) is 2. The molecule has 0 bridgehead atoms. The molecule has 1 aliphatic carbocycles. The lowest BCUT2D eigenvalue weighted by Crippen LogP contribution is -2.19. The lowest BCUT2D eigenvalue weighted by molar-refractivity contribution is -0.145. The minimum atomic E-state index is -1.09. The molecule has 9 heteroatoms. The van der Waals surface area contributed by atoms with Crippen molar-refractivity contribution in [2.24, 2.45) is 5.92 Å². The topological polar surface area (TPSA) is 121 Å². The van der Waals surface area contributed by atoms with Gasteiger partial charge < -0.3 is 33.9 Å². The van der Waals surface area contributed by atoms with E-state index in [9.17, 15) is 14.7 Å². The van der Waals surface area contributed by atoms with E-state index in [2.05, 4.69) is 0 Å². The Bertz CT molecular complexity index is 1350. The van der Waals surface area contributed by atoms with Crippen molar-refractivity contribution < 1.29 is 43.5 Å². The van der Waals surface area contributed by atoms with Gasteiger partial charge in [0.1, 0.15) is 18.1 Å². The van der Waals surface area contributed by atoms with E-state index >= 15 is 0 Å². The molecular weight excluding hydrogens is 504 g/mol. The molecule has 1 heterocycles. The first-order valence-electron chi connectivity index (χ1n) is 12.9. The minimum Gasteiger partial charge on any atom is -0.494 e. The molecule has 2 N–H and O–H groups in total. The van der Waals surface area contributed by atoms with E-state index in [1.165, 1.54) is 0 Å². The normalized spacial score (nSPS) is 18.9. The van der Waals surface area contributed by atoms with Crippen molar-refractivity contribution in [1.29, 1.82) is 0 Å². The highest BCUT2D eigenvalue weighted by Crippen LogP contribution is 2.56. The third kappa shape index (κ3) is 5.63. The van der Waals surface area contributed by atoms with Gasteiger partial charge in [-0.3, -0.25) is 4.79 Å². The summed E-state index contributed by atoms with van der Waals surface area (Å²) in [6.45, 7) is 2.01. The number of rotatable bonds is 12. The fraction of sp³-hybridized carbons (Fsp3) is 0.333. The van der Waals surface area contributed by atoms with Gasteiger partial charge in [-0.1, -0.05) is 37.3 Å². The van der Waals surface area contributed by atoms with Crippen molar-refractivity contribution in [2.75, 3.05) is 26.8 Å². The molecule has 3 aromatic rings. The third-order valence-corrected chi connectivity index (χ3v) is 7.00. The number of carboxylic acid groups (broad SMARTS) is 2. The number of benzene rings is 3. The van der Waals surface area contributed by atoms with E-state index in [1.807, 2.05) is 61.5 Å². The molecule has 0 aromatic heterocycles. The molecule has 2 aliphatic rings. The Morgan fingerprint density at radius 2 is 1.69 bits per heavy atom. The Kier molecular flexibility index (Phi) is 7.88. The molecule has 1 aliphatic heterocycles. The van der Waals surface area contributed by atoms with E-state index in [0.29, 0.717) is 29.6 Å². The van der Waals surface area contributed by atoms with Crippen molar-refractivity contribution >= 4 is 11.9 Å². The van der Waals surface area contributed by atoms with Gasteiger partial charge in [0.05, 0.1) is 6.61 Å². The molecule has 0 saturated heterocycles. The van der Waals surface area contributed by atoms with Crippen LogP contribution in [0, 0.1) is 5.92 Å². The highest BCUT2D eigenvalue weighted by Gasteiger charge is 2.44. The predicted molar refractivity (Wildman–Crippen MR) is 140 cm³/mol. The number of hydrogen-bond acceptors (Lipinski definition) is 7. The van der Waals surface area contributed by atoms with Crippen LogP contribution in [0.5, 0.6) is 23.0 Å². The summed E-state index contributed by atoms with van der Waals surface area (Å²) >= 11 is 0. The summed E-state index contributed by atoms with van der Waals surface area (Å²) in [5, 5.41) is 18.9. The van der Waals surface area contributed by atoms with E-state index in [-0.39, 0.29) is 37.8 Å². The highest BCUT2D eigenvalue weighted by molar-refractivity contribution is 5.69. The summed E-state index contributed by atoms with van der Waals surface area (Å²) < 4.78 is 28.1. The second-order valence-electron chi connectivity index (χ2n) is 9.51. The van der Waals surface area contributed by atoms with Crippen molar-refractivity contribution in [3.63, 3.8) is 0 Å². The lowest BCUT2D eigenvalue weighted by atomic mass is 9.77. The average molecular weight is 535 g/mol. The zero-order chi connectivity index (χ0) is 27.4. The van der Waals surface area contributed by atoms with Crippen molar-refractivity contribution in [1.82, 2.24) is 0 Å². The number of carbonyl (C=O) groups is 2. The average Bonchev–Trinajstić information content (AvgIpc) is 3.51. The van der Waals surface area contributed by atoms with Crippen LogP contribution >= 0.6 is 0 Å². The van der Waals surface area contributed by atoms with E-state index in [4.69, 9.17) is 28.8 Å². The maximum absolute atomic E-state index is 12.2. The van der Waals surface area contributed by atoms with Crippen molar-refractivity contribution in [3.8, 4) is 23.0 Å². The Morgan fingerprint density at radius 3 is 2.49 bits per heavy atom. The Morgan fingerprint density at radius 1 is 0.872 bits per heavy atom. The third-order valence-electron chi connectivity index (χ3n) is 7.00. The molecule has 0 saturated carbocycles. The minimum absolute atomic E-state index is 0.0898. The van der Waals surface area contributed by atoms with Gasteiger partial charge in [-0.15, -0.1) is 0 Å². The molecule has 0 radical (unpaired) electrons. The summed E-state index contributed by atoms with van der Waals surface area (Å²) in [5.74, 6) is -0.438. The van der Waals surface area contributed by atoms with Crippen molar-refractivity contribution in [2.45, 2.75) is 31.6 Å². The predicted octanol–water partition coefficient (Wildman–Crippen LogP) is 5.01. The Labute approximate surface area is 225 Å². The number of fused-ring (bicyclic) bond motifs is 2. The molecular formula is C30H30O9. The summed E-state index contributed by atoms with van der Waals surface area (Å²) in [6, 6.07) is 19.1. The molecule has 204 valence electrons. The van der Waals surface area contributed by atoms with Gasteiger partial charge in [0, 0.05) is 23.8 Å². The first kappa shape index (κ1) is 26.4. The van der Waals surface area contributed by atoms with Gasteiger partial charge >= 0.3 is 11.9 Å². The smallest absolute Gasteiger partial charge is 0.329 e. The van der Waals surface area contributed by atoms with Gasteiger partial charge in [0.25, 0.3) is 0 Å². The molecule has 0 fully saturated rings. The number of ether oxygens (including phenoxy) is 5. The first-order valence-corrected chi connectivity index (χ1v) is 12.9. The highest BCUT2D eigenvalue weighted by atomic mass is 16.7. The van der Waals surface area contributed by atoms with Crippen LogP contribution in [0.1, 0.15) is 53.9 Å². The largest absolute Gasteiger partial charge is 0.494 e. The van der Waals surface area contributed by atoms with Crippen molar-refractivity contribution in [3.05, 3.63) is 82.9 Å². The summed E-state index contributed by atoms with van der Waals surface area (Å²) in [7, 11) is 0. The van der Waals surface area contributed by atoms with Gasteiger partial charge in [0.2, 0.25) is 6.79 Å². The zero-order valence-corrected chi connectivity index (χ0v) is 21.5. The number of carboxylic acids is 2. The van der Waals surface area contributed by atoms with Crippen LogP contribution in [-0.4, -0.2) is 49.0 Å². The van der Waals surface area contributed by atoms with E-state index in [0.717, 1.165) is 28.7 Å². The van der Waals surface area contributed by atoms with Crippen LogP contribution in [0.4, 0.5) is 0 Å². The van der Waals surface area contributed by atoms with Gasteiger partial charge in [0.15, 0.2) is 18.3 Å². The monoisotopic (exact) mass is 534 g/mol. The van der Waals surface area contributed by atoms with Gasteiger partial charge in [-0.05, 0) is 59.4 Å². The van der Waals surface area contributed by atoms with Crippen LogP contribution in [0.2, 0.25) is 0 Å². The Balaban J connectivity index is 1.60. The molecule has 3 aromatic carbocycles. The second-order valence-corrected chi connectivity index (χ2v) is 9.51. The molecule has 9 nitrogen and oxygen atoms in total. The van der Waals surface area contributed by atoms with E-state index < -0.39 is 18.5 Å². The standard InChI is InChI=1S/C30H30O9/c1-2-11-36-19-8-9-20-22(13-19)30(21-5-3-4-6-24(21)37-16-35-15-28(33)34)23(14-27(31)32)29(20)18-7-10-25-26(12-18)39-17-38-25/h3-10,12-13,23,29-30H,2,11,14-17H2,1H3,(H,31,32)(H,33,34). The second kappa shape index (κ2) is 11.7. The zero-order valence-electron chi connectivity index (χ0n) is 21.5. The number of aliphatic carboxylic acids is 2.